The summed E-state index contributed by atoms with van der Waals surface area (Å²) in [5, 5.41) is 11.5. The van der Waals surface area contributed by atoms with Gasteiger partial charge in [0, 0.05) is 22.7 Å². The molecule has 0 saturated heterocycles. The van der Waals surface area contributed by atoms with Crippen LogP contribution in [0.2, 0.25) is 0 Å². The minimum atomic E-state index is -0.637. The maximum Gasteiger partial charge on any atom is 0.118 e. The van der Waals surface area contributed by atoms with Gasteiger partial charge in [-0.05, 0) is 23.8 Å². The number of aliphatic hydroxyl groups excluding tert-OH is 1. The van der Waals surface area contributed by atoms with E-state index in [1.54, 1.807) is 7.11 Å². The SMILES string of the molecule is COc1ccc(C(O)c2c[nH]c3ccccc23)cc1. The Kier molecular flexibility index (Phi) is 2.97. The van der Waals surface area contributed by atoms with Gasteiger partial charge in [0.2, 0.25) is 0 Å². The number of fused-ring (bicyclic) bond motifs is 1. The normalized spacial score (nSPS) is 12.5. The molecule has 1 unspecified atom stereocenters. The number of benzene rings is 2. The van der Waals surface area contributed by atoms with Gasteiger partial charge in [0.25, 0.3) is 0 Å². The molecule has 3 aromatic rings. The smallest absolute Gasteiger partial charge is 0.118 e. The van der Waals surface area contributed by atoms with Crippen LogP contribution < -0.4 is 4.74 Å². The van der Waals surface area contributed by atoms with Gasteiger partial charge in [-0.3, -0.25) is 0 Å². The average Bonchev–Trinajstić information content (AvgIpc) is 2.90. The summed E-state index contributed by atoms with van der Waals surface area (Å²) in [6, 6.07) is 15.4. The Morgan fingerprint density at radius 3 is 2.53 bits per heavy atom. The molecule has 0 fully saturated rings. The molecule has 2 N–H and O–H groups in total. The molecule has 0 aliphatic heterocycles. The van der Waals surface area contributed by atoms with Crippen LogP contribution >= 0.6 is 0 Å². The largest absolute Gasteiger partial charge is 0.497 e. The summed E-state index contributed by atoms with van der Waals surface area (Å²) in [5.74, 6) is 0.787. The molecule has 0 saturated carbocycles. The fraction of sp³-hybridized carbons (Fsp3) is 0.125. The van der Waals surface area contributed by atoms with E-state index in [2.05, 4.69) is 4.98 Å². The lowest BCUT2D eigenvalue weighted by molar-refractivity contribution is 0.222. The molecule has 0 aliphatic carbocycles. The number of aromatic amines is 1. The molecule has 1 atom stereocenters. The highest BCUT2D eigenvalue weighted by molar-refractivity contribution is 5.83. The summed E-state index contributed by atoms with van der Waals surface area (Å²) in [4.78, 5) is 3.18. The number of aliphatic hydroxyl groups is 1. The Labute approximate surface area is 111 Å². The van der Waals surface area contributed by atoms with E-state index in [1.165, 1.54) is 0 Å². The third-order valence-corrected chi connectivity index (χ3v) is 3.35. The van der Waals surface area contributed by atoms with Crippen LogP contribution in [0.5, 0.6) is 5.75 Å². The molecule has 96 valence electrons. The Morgan fingerprint density at radius 1 is 1.05 bits per heavy atom. The molecule has 0 bridgehead atoms. The third-order valence-electron chi connectivity index (χ3n) is 3.35. The van der Waals surface area contributed by atoms with E-state index < -0.39 is 6.10 Å². The van der Waals surface area contributed by atoms with E-state index >= 15 is 0 Å². The van der Waals surface area contributed by atoms with Crippen molar-refractivity contribution in [2.45, 2.75) is 6.10 Å². The number of ether oxygens (including phenoxy) is 1. The maximum atomic E-state index is 10.5. The second-order valence-corrected chi connectivity index (χ2v) is 4.47. The van der Waals surface area contributed by atoms with E-state index in [0.29, 0.717) is 0 Å². The number of methoxy groups -OCH3 is 1. The number of nitrogens with one attached hydrogen (secondary N) is 1. The van der Waals surface area contributed by atoms with Crippen molar-refractivity contribution >= 4 is 10.9 Å². The first-order chi connectivity index (χ1) is 9.29. The minimum Gasteiger partial charge on any atom is -0.497 e. The van der Waals surface area contributed by atoms with Crippen molar-refractivity contribution in [3.63, 3.8) is 0 Å². The van der Waals surface area contributed by atoms with Crippen molar-refractivity contribution in [3.8, 4) is 5.75 Å². The zero-order valence-corrected chi connectivity index (χ0v) is 10.6. The predicted octanol–water partition coefficient (Wildman–Crippen LogP) is 3.26. The van der Waals surface area contributed by atoms with Crippen LogP contribution in [0.3, 0.4) is 0 Å². The van der Waals surface area contributed by atoms with Crippen LogP contribution in [-0.2, 0) is 0 Å². The zero-order chi connectivity index (χ0) is 13.2. The van der Waals surface area contributed by atoms with Crippen LogP contribution in [-0.4, -0.2) is 17.2 Å². The Morgan fingerprint density at radius 2 is 1.79 bits per heavy atom. The Bertz CT molecular complexity index is 685. The van der Waals surface area contributed by atoms with Crippen LogP contribution in [0, 0.1) is 0 Å². The maximum absolute atomic E-state index is 10.5. The summed E-state index contributed by atoms with van der Waals surface area (Å²) in [6.45, 7) is 0. The lowest BCUT2D eigenvalue weighted by Crippen LogP contribution is -1.98. The summed E-state index contributed by atoms with van der Waals surface area (Å²) >= 11 is 0. The average molecular weight is 253 g/mol. The second kappa shape index (κ2) is 4.78. The molecule has 0 radical (unpaired) electrons. The fourth-order valence-corrected chi connectivity index (χ4v) is 2.29. The van der Waals surface area contributed by atoms with E-state index in [9.17, 15) is 5.11 Å². The highest BCUT2D eigenvalue weighted by Crippen LogP contribution is 2.29. The topological polar surface area (TPSA) is 45.2 Å². The highest BCUT2D eigenvalue weighted by Gasteiger charge is 2.14. The van der Waals surface area contributed by atoms with Crippen LogP contribution in [0.25, 0.3) is 10.9 Å². The van der Waals surface area contributed by atoms with E-state index in [0.717, 1.165) is 27.8 Å². The summed E-state index contributed by atoms with van der Waals surface area (Å²) in [5.41, 5.74) is 2.77. The molecule has 3 rings (SSSR count). The number of hydrogen-bond donors (Lipinski definition) is 2. The van der Waals surface area contributed by atoms with Crippen molar-refractivity contribution < 1.29 is 9.84 Å². The van der Waals surface area contributed by atoms with Gasteiger partial charge in [0.1, 0.15) is 11.9 Å². The van der Waals surface area contributed by atoms with Gasteiger partial charge >= 0.3 is 0 Å². The zero-order valence-electron chi connectivity index (χ0n) is 10.6. The molecule has 0 spiro atoms. The Hall–Kier alpha value is -2.26. The summed E-state index contributed by atoms with van der Waals surface area (Å²) in [7, 11) is 1.63. The first-order valence-electron chi connectivity index (χ1n) is 6.17. The van der Waals surface area contributed by atoms with E-state index in [4.69, 9.17) is 4.74 Å². The number of H-pyrrole nitrogens is 1. The number of rotatable bonds is 3. The van der Waals surface area contributed by atoms with Crippen LogP contribution in [0.15, 0.2) is 54.7 Å². The monoisotopic (exact) mass is 253 g/mol. The quantitative estimate of drug-likeness (QED) is 0.752. The molecule has 2 aromatic carbocycles. The lowest BCUT2D eigenvalue weighted by Gasteiger charge is -2.11. The second-order valence-electron chi connectivity index (χ2n) is 4.47. The predicted molar refractivity (Wildman–Crippen MR) is 75.4 cm³/mol. The molecule has 19 heavy (non-hydrogen) atoms. The van der Waals surface area contributed by atoms with Gasteiger partial charge in [-0.2, -0.15) is 0 Å². The van der Waals surface area contributed by atoms with Gasteiger partial charge in [0.05, 0.1) is 7.11 Å². The van der Waals surface area contributed by atoms with Crippen molar-refractivity contribution in [2.75, 3.05) is 7.11 Å². The first-order valence-corrected chi connectivity index (χ1v) is 6.17. The Balaban J connectivity index is 2.00. The standard InChI is InChI=1S/C16H15NO2/c1-19-12-8-6-11(7-9-12)16(18)14-10-17-15-5-3-2-4-13(14)15/h2-10,16-18H,1H3. The van der Waals surface area contributed by atoms with Gasteiger partial charge in [0.15, 0.2) is 0 Å². The van der Waals surface area contributed by atoms with Crippen molar-refractivity contribution in [3.05, 3.63) is 65.9 Å². The summed E-state index contributed by atoms with van der Waals surface area (Å²) < 4.78 is 5.12. The highest BCUT2D eigenvalue weighted by atomic mass is 16.5. The van der Waals surface area contributed by atoms with E-state index in [1.807, 2.05) is 54.7 Å². The van der Waals surface area contributed by atoms with Crippen molar-refractivity contribution in [1.82, 2.24) is 4.98 Å². The lowest BCUT2D eigenvalue weighted by atomic mass is 10.0. The molecule has 3 heteroatoms. The molecule has 1 heterocycles. The molecular formula is C16H15NO2. The van der Waals surface area contributed by atoms with Crippen LogP contribution in [0.4, 0.5) is 0 Å². The van der Waals surface area contributed by atoms with Gasteiger partial charge in [-0.1, -0.05) is 30.3 Å². The number of aromatic nitrogens is 1. The van der Waals surface area contributed by atoms with Gasteiger partial charge < -0.3 is 14.8 Å². The van der Waals surface area contributed by atoms with E-state index in [-0.39, 0.29) is 0 Å². The first kappa shape index (κ1) is 11.8. The molecule has 0 aliphatic rings. The van der Waals surface area contributed by atoms with Gasteiger partial charge in [-0.15, -0.1) is 0 Å². The van der Waals surface area contributed by atoms with Crippen molar-refractivity contribution in [1.29, 1.82) is 0 Å². The number of hydrogen-bond acceptors (Lipinski definition) is 2. The molecule has 1 aromatic heterocycles. The fourth-order valence-electron chi connectivity index (χ4n) is 2.29. The molecule has 3 nitrogen and oxygen atoms in total. The third kappa shape index (κ3) is 2.09. The minimum absolute atomic E-state index is 0.637. The molecular weight excluding hydrogens is 238 g/mol. The summed E-state index contributed by atoms with van der Waals surface area (Å²) in [6.07, 6.45) is 1.22. The van der Waals surface area contributed by atoms with Gasteiger partial charge in [-0.25, -0.2) is 0 Å². The van der Waals surface area contributed by atoms with Crippen molar-refractivity contribution in [2.24, 2.45) is 0 Å². The molecule has 0 amide bonds. The van der Waals surface area contributed by atoms with Crippen LogP contribution in [0.1, 0.15) is 17.2 Å². The number of para-hydroxylation sites is 1.